The minimum Gasteiger partial charge on any atom is -0.352 e. The fraction of sp³-hybridized carbons (Fsp3) is 0.222. The number of ketones is 1. The van der Waals surface area contributed by atoms with Crippen LogP contribution in [0.5, 0.6) is 0 Å². The Bertz CT molecular complexity index is 866. The van der Waals surface area contributed by atoms with Crippen molar-refractivity contribution in [2.75, 3.05) is 18.5 Å². The van der Waals surface area contributed by atoms with Crippen LogP contribution in [0, 0.1) is 0 Å². The molecule has 0 radical (unpaired) electrons. The van der Waals surface area contributed by atoms with Gasteiger partial charge in [-0.25, -0.2) is 0 Å². The lowest BCUT2D eigenvalue weighted by Gasteiger charge is -2.10. The van der Waals surface area contributed by atoms with Crippen molar-refractivity contribution < 1.29 is 14.4 Å². The highest BCUT2D eigenvalue weighted by molar-refractivity contribution is 9.10. The lowest BCUT2D eigenvalue weighted by molar-refractivity contribution is -0.117. The third-order valence-corrected chi connectivity index (χ3v) is 4.52. The van der Waals surface area contributed by atoms with Crippen LogP contribution in [0.1, 0.15) is 32.7 Å². The van der Waals surface area contributed by atoms with Gasteiger partial charge in [-0.15, -0.1) is 0 Å². The lowest BCUT2D eigenvalue weighted by Crippen LogP contribution is -2.26. The first-order valence-corrected chi connectivity index (χ1v) is 8.56. The Balaban J connectivity index is 1.58. The second-order valence-electron chi connectivity index (χ2n) is 5.79. The SMILES string of the molecule is CN1C(=O)Cc2cc(C(=O)CCNC(=O)c3cncc(Br)c3)ccc21. The summed E-state index contributed by atoms with van der Waals surface area (Å²) in [5.74, 6) is -0.324. The fourth-order valence-electron chi connectivity index (χ4n) is 2.72. The molecule has 0 saturated carbocycles. The number of pyridine rings is 1. The zero-order valence-corrected chi connectivity index (χ0v) is 15.2. The monoisotopic (exact) mass is 401 g/mol. The zero-order chi connectivity index (χ0) is 18.0. The second kappa shape index (κ2) is 7.14. The molecule has 0 spiro atoms. The van der Waals surface area contributed by atoms with E-state index in [-0.39, 0.29) is 30.6 Å². The molecule has 2 amide bonds. The van der Waals surface area contributed by atoms with E-state index in [4.69, 9.17) is 0 Å². The van der Waals surface area contributed by atoms with Crippen LogP contribution in [0.2, 0.25) is 0 Å². The number of Topliss-reactive ketones (excluding diaryl/α,β-unsaturated/α-hetero) is 1. The van der Waals surface area contributed by atoms with Crippen LogP contribution in [-0.2, 0) is 11.2 Å². The molecule has 0 atom stereocenters. The summed E-state index contributed by atoms with van der Waals surface area (Å²) in [6, 6.07) is 6.94. The van der Waals surface area contributed by atoms with Crippen LogP contribution in [0.4, 0.5) is 5.69 Å². The van der Waals surface area contributed by atoms with E-state index in [1.54, 1.807) is 42.4 Å². The van der Waals surface area contributed by atoms with Crippen LogP contribution in [0.3, 0.4) is 0 Å². The molecule has 2 heterocycles. The van der Waals surface area contributed by atoms with Gasteiger partial charge in [0.2, 0.25) is 5.91 Å². The number of fused-ring (bicyclic) bond motifs is 1. The van der Waals surface area contributed by atoms with Crippen molar-refractivity contribution in [1.82, 2.24) is 10.3 Å². The van der Waals surface area contributed by atoms with Gasteiger partial charge < -0.3 is 10.2 Å². The smallest absolute Gasteiger partial charge is 0.252 e. The number of nitrogens with one attached hydrogen (secondary N) is 1. The Kier molecular flexibility index (Phi) is 4.94. The van der Waals surface area contributed by atoms with Crippen molar-refractivity contribution in [1.29, 1.82) is 0 Å². The minimum absolute atomic E-state index is 0.0227. The molecule has 1 aromatic carbocycles. The van der Waals surface area contributed by atoms with E-state index in [0.717, 1.165) is 11.3 Å². The van der Waals surface area contributed by atoms with Gasteiger partial charge in [-0.2, -0.15) is 0 Å². The number of hydrogen-bond acceptors (Lipinski definition) is 4. The number of hydrogen-bond donors (Lipinski definition) is 1. The maximum absolute atomic E-state index is 12.3. The Morgan fingerprint density at radius 2 is 2.04 bits per heavy atom. The first-order valence-electron chi connectivity index (χ1n) is 7.77. The van der Waals surface area contributed by atoms with Crippen molar-refractivity contribution in [3.63, 3.8) is 0 Å². The summed E-state index contributed by atoms with van der Waals surface area (Å²) in [4.78, 5) is 41.6. The van der Waals surface area contributed by atoms with Gasteiger partial charge in [0.25, 0.3) is 5.91 Å². The maximum atomic E-state index is 12.3. The molecular weight excluding hydrogens is 386 g/mol. The predicted octanol–water partition coefficient (Wildman–Crippen LogP) is 2.37. The summed E-state index contributed by atoms with van der Waals surface area (Å²) in [5, 5.41) is 2.71. The van der Waals surface area contributed by atoms with Gasteiger partial charge in [0.15, 0.2) is 5.78 Å². The van der Waals surface area contributed by atoms with Gasteiger partial charge in [-0.1, -0.05) is 0 Å². The van der Waals surface area contributed by atoms with Crippen molar-refractivity contribution in [3.05, 3.63) is 57.8 Å². The topological polar surface area (TPSA) is 79.4 Å². The van der Waals surface area contributed by atoms with E-state index in [2.05, 4.69) is 26.2 Å². The molecule has 7 heteroatoms. The number of aromatic nitrogens is 1. The van der Waals surface area contributed by atoms with E-state index in [1.807, 2.05) is 0 Å². The molecule has 0 aliphatic carbocycles. The number of carbonyl (C=O) groups is 3. The number of halogens is 1. The van der Waals surface area contributed by atoms with Crippen LogP contribution in [0.15, 0.2) is 41.1 Å². The highest BCUT2D eigenvalue weighted by Gasteiger charge is 2.24. The molecule has 25 heavy (non-hydrogen) atoms. The molecule has 0 unspecified atom stereocenters. The molecule has 128 valence electrons. The van der Waals surface area contributed by atoms with E-state index in [0.29, 0.717) is 22.0 Å². The van der Waals surface area contributed by atoms with Crippen LogP contribution < -0.4 is 10.2 Å². The highest BCUT2D eigenvalue weighted by Crippen LogP contribution is 2.28. The predicted molar refractivity (Wildman–Crippen MR) is 96.8 cm³/mol. The standard InChI is InChI=1S/C18H16BrN3O3/c1-22-15-3-2-11(6-12(15)8-17(22)24)16(23)4-5-21-18(25)13-7-14(19)10-20-9-13/h2-3,6-7,9-10H,4-5,8H2,1H3,(H,21,25). The highest BCUT2D eigenvalue weighted by atomic mass is 79.9. The summed E-state index contributed by atoms with van der Waals surface area (Å²) < 4.78 is 0.717. The molecular formula is C18H16BrN3O3. The molecule has 3 rings (SSSR count). The van der Waals surface area contributed by atoms with Crippen LogP contribution in [-0.4, -0.2) is 36.2 Å². The first kappa shape index (κ1) is 17.3. The van der Waals surface area contributed by atoms with Crippen LogP contribution in [0.25, 0.3) is 0 Å². The molecule has 1 aliphatic rings. The number of anilines is 1. The number of nitrogens with zero attached hydrogens (tertiary/aromatic N) is 2. The van der Waals surface area contributed by atoms with E-state index < -0.39 is 0 Å². The molecule has 6 nitrogen and oxygen atoms in total. The summed E-state index contributed by atoms with van der Waals surface area (Å²) in [7, 11) is 1.72. The summed E-state index contributed by atoms with van der Waals surface area (Å²) in [5.41, 5.74) is 2.70. The average molecular weight is 402 g/mol. The molecule has 1 aliphatic heterocycles. The van der Waals surface area contributed by atoms with Gasteiger partial charge in [0, 0.05) is 48.1 Å². The van der Waals surface area contributed by atoms with E-state index >= 15 is 0 Å². The van der Waals surface area contributed by atoms with Crippen molar-refractivity contribution in [2.24, 2.45) is 0 Å². The summed E-state index contributed by atoms with van der Waals surface area (Å²) >= 11 is 3.26. The molecule has 0 bridgehead atoms. The van der Waals surface area contributed by atoms with Crippen molar-refractivity contribution >= 4 is 39.2 Å². The third-order valence-electron chi connectivity index (χ3n) is 4.08. The van der Waals surface area contributed by atoms with Crippen molar-refractivity contribution in [3.8, 4) is 0 Å². The van der Waals surface area contributed by atoms with E-state index in [1.165, 1.54) is 6.20 Å². The average Bonchev–Trinajstić information content (AvgIpc) is 2.88. The Labute approximate surface area is 153 Å². The fourth-order valence-corrected chi connectivity index (χ4v) is 3.08. The van der Waals surface area contributed by atoms with Gasteiger partial charge in [0.05, 0.1) is 12.0 Å². The van der Waals surface area contributed by atoms with E-state index in [9.17, 15) is 14.4 Å². The number of rotatable bonds is 5. The molecule has 1 aromatic heterocycles. The zero-order valence-electron chi connectivity index (χ0n) is 13.6. The van der Waals surface area contributed by atoms with Gasteiger partial charge in [-0.3, -0.25) is 19.4 Å². The summed E-state index contributed by atoms with van der Waals surface area (Å²) in [6.45, 7) is 0.236. The van der Waals surface area contributed by atoms with Crippen LogP contribution >= 0.6 is 15.9 Å². The maximum Gasteiger partial charge on any atom is 0.252 e. The second-order valence-corrected chi connectivity index (χ2v) is 6.71. The third kappa shape index (κ3) is 3.76. The molecule has 0 fully saturated rings. The van der Waals surface area contributed by atoms with Crippen molar-refractivity contribution in [2.45, 2.75) is 12.8 Å². The largest absolute Gasteiger partial charge is 0.352 e. The molecule has 1 N–H and O–H groups in total. The van der Waals surface area contributed by atoms with Gasteiger partial charge in [-0.05, 0) is 45.8 Å². The minimum atomic E-state index is -0.275. The number of likely N-dealkylation sites (N-methyl/N-ethyl adjacent to an activating group) is 1. The Hall–Kier alpha value is -2.54. The normalized spacial score (nSPS) is 12.9. The van der Waals surface area contributed by atoms with Gasteiger partial charge >= 0.3 is 0 Å². The first-order chi connectivity index (χ1) is 12.0. The quantitative estimate of drug-likeness (QED) is 0.779. The molecule has 0 saturated heterocycles. The number of benzene rings is 1. The lowest BCUT2D eigenvalue weighted by atomic mass is 10.0. The van der Waals surface area contributed by atoms with Gasteiger partial charge in [0.1, 0.15) is 0 Å². The molecule has 2 aromatic rings. The summed E-state index contributed by atoms with van der Waals surface area (Å²) in [6.07, 6.45) is 3.57. The number of amides is 2. The Morgan fingerprint density at radius 1 is 1.24 bits per heavy atom. The number of carbonyl (C=O) groups excluding carboxylic acids is 3. The Morgan fingerprint density at radius 3 is 2.80 bits per heavy atom.